The molecule has 0 rings (SSSR count). The van der Waals surface area contributed by atoms with E-state index in [-0.39, 0.29) is 0 Å². The predicted molar refractivity (Wildman–Crippen MR) is 104 cm³/mol. The first-order valence-electron chi connectivity index (χ1n) is 9.38. The van der Waals surface area contributed by atoms with Crippen LogP contribution < -0.4 is 0 Å². The number of aliphatic hydroxyl groups excluding tert-OH is 1. The Morgan fingerprint density at radius 1 is 0.667 bits per heavy atom. The van der Waals surface area contributed by atoms with Gasteiger partial charge in [0, 0.05) is 6.61 Å². The second-order valence-electron chi connectivity index (χ2n) is 6.09. The number of aliphatic hydroxyl groups is 1. The van der Waals surface area contributed by atoms with Crippen LogP contribution in [0.3, 0.4) is 0 Å². The Balaban J connectivity index is 0. The maximum atomic E-state index is 8.88. The van der Waals surface area contributed by atoms with Crippen LogP contribution in [0.5, 0.6) is 0 Å². The van der Waals surface area contributed by atoms with Crippen molar-refractivity contribution in [1.82, 2.24) is 0 Å². The second-order valence-corrected chi connectivity index (χ2v) is 8.34. The SMILES string of the molecule is CCCCCCCCCCCCCCSCCCO.O=P(O)(O)O. The summed E-state index contributed by atoms with van der Waals surface area (Å²) >= 11 is 2.00. The van der Waals surface area contributed by atoms with Gasteiger partial charge in [0.05, 0.1) is 0 Å². The highest BCUT2D eigenvalue weighted by Crippen LogP contribution is 2.25. The minimum absolute atomic E-state index is 0.353. The summed E-state index contributed by atoms with van der Waals surface area (Å²) in [5.74, 6) is 2.42. The summed E-state index contributed by atoms with van der Waals surface area (Å²) in [5, 5.41) is 8.66. The summed E-state index contributed by atoms with van der Waals surface area (Å²) in [6.45, 7) is 2.64. The molecule has 0 fully saturated rings. The minimum Gasteiger partial charge on any atom is -0.396 e. The molecule has 0 aliphatic heterocycles. The van der Waals surface area contributed by atoms with E-state index >= 15 is 0 Å². The molecule has 24 heavy (non-hydrogen) atoms. The third kappa shape index (κ3) is 38.2. The van der Waals surface area contributed by atoms with E-state index in [1.807, 2.05) is 11.8 Å². The maximum absolute atomic E-state index is 8.88. The van der Waals surface area contributed by atoms with E-state index in [0.29, 0.717) is 6.61 Å². The van der Waals surface area contributed by atoms with Gasteiger partial charge in [0.25, 0.3) is 0 Å². The van der Waals surface area contributed by atoms with Gasteiger partial charge < -0.3 is 19.8 Å². The number of rotatable bonds is 16. The quantitative estimate of drug-likeness (QED) is 0.223. The summed E-state index contributed by atoms with van der Waals surface area (Å²) in [6.07, 6.45) is 18.1. The molecule has 0 saturated carbocycles. The molecular formula is C17H39O5PS. The van der Waals surface area contributed by atoms with Crippen LogP contribution in [0.4, 0.5) is 0 Å². The maximum Gasteiger partial charge on any atom is 0.466 e. The van der Waals surface area contributed by atoms with Gasteiger partial charge in [0.15, 0.2) is 0 Å². The van der Waals surface area contributed by atoms with E-state index in [9.17, 15) is 0 Å². The lowest BCUT2D eigenvalue weighted by molar-refractivity contribution is 0.275. The molecule has 5 nitrogen and oxygen atoms in total. The summed E-state index contributed by atoms with van der Waals surface area (Å²) in [6, 6.07) is 0. The summed E-state index contributed by atoms with van der Waals surface area (Å²) in [7, 11) is -4.64. The van der Waals surface area contributed by atoms with Crippen LogP contribution in [0.1, 0.15) is 90.4 Å². The number of hydrogen-bond donors (Lipinski definition) is 4. The fourth-order valence-electron chi connectivity index (χ4n) is 2.31. The fourth-order valence-corrected chi connectivity index (χ4v) is 3.26. The molecule has 7 heteroatoms. The Morgan fingerprint density at radius 3 is 1.38 bits per heavy atom. The Labute approximate surface area is 152 Å². The van der Waals surface area contributed by atoms with Crippen LogP contribution in [-0.4, -0.2) is 37.9 Å². The molecule has 0 saturated heterocycles. The molecular weight excluding hydrogens is 347 g/mol. The van der Waals surface area contributed by atoms with Crippen LogP contribution in [0.2, 0.25) is 0 Å². The van der Waals surface area contributed by atoms with Crippen LogP contribution >= 0.6 is 19.6 Å². The summed E-state index contributed by atoms with van der Waals surface area (Å²) < 4.78 is 8.88. The first-order chi connectivity index (χ1) is 11.4. The van der Waals surface area contributed by atoms with Crippen molar-refractivity contribution < 1.29 is 24.4 Å². The van der Waals surface area contributed by atoms with Crippen molar-refractivity contribution in [2.45, 2.75) is 90.4 Å². The topological polar surface area (TPSA) is 98.0 Å². The van der Waals surface area contributed by atoms with Gasteiger partial charge in [0.1, 0.15) is 0 Å². The predicted octanol–water partition coefficient (Wildman–Crippen LogP) is 4.87. The lowest BCUT2D eigenvalue weighted by atomic mass is 10.1. The Hall–Kier alpha value is 0.420. The fraction of sp³-hybridized carbons (Fsp3) is 1.00. The molecule has 0 unspecified atom stereocenters. The molecule has 148 valence electrons. The zero-order valence-electron chi connectivity index (χ0n) is 15.4. The molecule has 0 aliphatic rings. The monoisotopic (exact) mass is 386 g/mol. The minimum atomic E-state index is -4.64. The Kier molecular flexibility index (Phi) is 23.8. The Bertz CT molecular complexity index is 249. The lowest BCUT2D eigenvalue weighted by Crippen LogP contribution is -1.88. The molecule has 0 heterocycles. The molecule has 0 aromatic rings. The lowest BCUT2D eigenvalue weighted by Gasteiger charge is -2.03. The third-order valence-corrected chi connectivity index (χ3v) is 4.74. The van der Waals surface area contributed by atoms with E-state index in [0.717, 1.165) is 12.2 Å². The highest BCUT2D eigenvalue weighted by Gasteiger charge is 2.00. The van der Waals surface area contributed by atoms with Crippen LogP contribution in [0, 0.1) is 0 Å². The van der Waals surface area contributed by atoms with Crippen molar-refractivity contribution in [2.75, 3.05) is 18.1 Å². The van der Waals surface area contributed by atoms with Gasteiger partial charge in [-0.25, -0.2) is 4.57 Å². The molecule has 0 aliphatic carbocycles. The van der Waals surface area contributed by atoms with Crippen molar-refractivity contribution in [1.29, 1.82) is 0 Å². The van der Waals surface area contributed by atoms with E-state index in [1.54, 1.807) is 0 Å². The van der Waals surface area contributed by atoms with Crippen molar-refractivity contribution in [3.05, 3.63) is 0 Å². The summed E-state index contributed by atoms with van der Waals surface area (Å²) in [5.41, 5.74) is 0. The summed E-state index contributed by atoms with van der Waals surface area (Å²) in [4.78, 5) is 21.6. The molecule has 0 radical (unpaired) electrons. The van der Waals surface area contributed by atoms with Gasteiger partial charge in [0.2, 0.25) is 0 Å². The molecule has 0 atom stereocenters. The number of phosphoric acid groups is 1. The van der Waals surface area contributed by atoms with E-state index in [1.165, 1.54) is 82.8 Å². The first kappa shape index (κ1) is 26.6. The van der Waals surface area contributed by atoms with Gasteiger partial charge in [-0.05, 0) is 24.3 Å². The van der Waals surface area contributed by atoms with E-state index in [4.69, 9.17) is 24.4 Å². The van der Waals surface area contributed by atoms with Crippen molar-refractivity contribution in [3.8, 4) is 0 Å². The average Bonchev–Trinajstić information content (AvgIpc) is 2.49. The number of hydrogen-bond acceptors (Lipinski definition) is 3. The van der Waals surface area contributed by atoms with Crippen molar-refractivity contribution in [2.24, 2.45) is 0 Å². The van der Waals surface area contributed by atoms with E-state index in [2.05, 4.69) is 6.92 Å². The van der Waals surface area contributed by atoms with Crippen LogP contribution in [-0.2, 0) is 4.57 Å². The van der Waals surface area contributed by atoms with Crippen LogP contribution in [0.25, 0.3) is 0 Å². The van der Waals surface area contributed by atoms with Gasteiger partial charge in [-0.1, -0.05) is 77.6 Å². The average molecular weight is 387 g/mol. The Morgan fingerprint density at radius 2 is 1.00 bits per heavy atom. The molecule has 0 aromatic heterocycles. The smallest absolute Gasteiger partial charge is 0.396 e. The first-order valence-corrected chi connectivity index (χ1v) is 12.1. The van der Waals surface area contributed by atoms with Crippen molar-refractivity contribution in [3.63, 3.8) is 0 Å². The number of thioether (sulfide) groups is 1. The molecule has 0 amide bonds. The van der Waals surface area contributed by atoms with Gasteiger partial charge in [-0.2, -0.15) is 11.8 Å². The zero-order chi connectivity index (χ0) is 18.5. The van der Waals surface area contributed by atoms with E-state index < -0.39 is 7.82 Å². The number of unbranched alkanes of at least 4 members (excludes halogenated alkanes) is 11. The highest BCUT2D eigenvalue weighted by atomic mass is 32.2. The zero-order valence-corrected chi connectivity index (χ0v) is 17.1. The molecule has 0 spiro atoms. The second kappa shape index (κ2) is 21.5. The van der Waals surface area contributed by atoms with Gasteiger partial charge in [-0.15, -0.1) is 0 Å². The molecule has 0 aromatic carbocycles. The third-order valence-electron chi connectivity index (χ3n) is 3.59. The molecule has 0 bridgehead atoms. The largest absolute Gasteiger partial charge is 0.466 e. The standard InChI is InChI=1S/C17H36OS.H3O4P/c1-2-3-4-5-6-7-8-9-10-11-12-13-16-19-17-14-15-18;1-5(2,3)4/h18H,2-17H2,1H3;(H3,1,2,3,4). The normalized spacial score (nSPS) is 11.2. The van der Waals surface area contributed by atoms with Crippen molar-refractivity contribution >= 4 is 19.6 Å². The van der Waals surface area contributed by atoms with Crippen LogP contribution in [0.15, 0.2) is 0 Å². The van der Waals surface area contributed by atoms with Gasteiger partial charge in [-0.3, -0.25) is 0 Å². The van der Waals surface area contributed by atoms with Gasteiger partial charge >= 0.3 is 7.82 Å². The molecule has 4 N–H and O–H groups in total. The highest BCUT2D eigenvalue weighted by molar-refractivity contribution is 7.99.